The Labute approximate surface area is 243 Å². The summed E-state index contributed by atoms with van der Waals surface area (Å²) in [7, 11) is 1.27. The van der Waals surface area contributed by atoms with E-state index >= 15 is 0 Å². The van der Waals surface area contributed by atoms with Gasteiger partial charge in [0.1, 0.15) is 30.6 Å². The quantitative estimate of drug-likeness (QED) is 0.293. The Morgan fingerprint density at radius 3 is 2.50 bits per heavy atom. The van der Waals surface area contributed by atoms with Crippen molar-refractivity contribution in [3.63, 3.8) is 0 Å². The van der Waals surface area contributed by atoms with E-state index in [2.05, 4.69) is 5.32 Å². The predicted octanol–water partition coefficient (Wildman–Crippen LogP) is 6.69. The second-order valence-corrected chi connectivity index (χ2v) is 11.0. The fourth-order valence-corrected chi connectivity index (χ4v) is 4.35. The Bertz CT molecular complexity index is 1370. The number of hydrogen-bond donors (Lipinski definition) is 1. The molecular weight excluding hydrogens is 557 g/mol. The highest BCUT2D eigenvalue weighted by molar-refractivity contribution is 6.42. The van der Waals surface area contributed by atoms with Crippen molar-refractivity contribution in [2.45, 2.75) is 51.5 Å². The van der Waals surface area contributed by atoms with Gasteiger partial charge in [0.2, 0.25) is 0 Å². The third kappa shape index (κ3) is 7.96. The van der Waals surface area contributed by atoms with E-state index in [0.29, 0.717) is 33.9 Å². The first kappa shape index (κ1) is 29.4. The highest BCUT2D eigenvalue weighted by atomic mass is 35.5. The molecule has 0 unspecified atom stereocenters. The van der Waals surface area contributed by atoms with Gasteiger partial charge in [-0.05, 0) is 73.9 Å². The van der Waals surface area contributed by atoms with Crippen LogP contribution >= 0.6 is 23.2 Å². The summed E-state index contributed by atoms with van der Waals surface area (Å²) < 4.78 is 28.3. The first-order valence-electron chi connectivity index (χ1n) is 12.7. The van der Waals surface area contributed by atoms with Crippen LogP contribution in [0.15, 0.2) is 60.7 Å². The molecule has 0 saturated heterocycles. The van der Waals surface area contributed by atoms with Crippen molar-refractivity contribution in [2.24, 2.45) is 0 Å². The van der Waals surface area contributed by atoms with E-state index in [0.717, 1.165) is 16.7 Å². The number of carbonyl (C=O) groups excluding carboxylic acids is 2. The number of alkyl carbamates (subject to hydrolysis) is 1. The molecule has 4 rings (SSSR count). The van der Waals surface area contributed by atoms with Gasteiger partial charge in [0.05, 0.1) is 17.2 Å². The lowest BCUT2D eigenvalue weighted by atomic mass is 10.0. The minimum atomic E-state index is -0.929. The molecule has 10 heteroatoms. The van der Waals surface area contributed by atoms with Gasteiger partial charge in [0.25, 0.3) is 0 Å². The third-order valence-corrected chi connectivity index (χ3v) is 6.64. The molecule has 0 fully saturated rings. The molecule has 1 aliphatic rings. The van der Waals surface area contributed by atoms with Crippen LogP contribution in [0.3, 0.4) is 0 Å². The lowest BCUT2D eigenvalue weighted by Crippen LogP contribution is -2.45. The largest absolute Gasteiger partial charge is 0.489 e. The van der Waals surface area contributed by atoms with Crippen LogP contribution in [0, 0.1) is 0 Å². The molecule has 0 aliphatic carbocycles. The molecule has 0 aromatic heterocycles. The maximum atomic E-state index is 12.3. The smallest absolute Gasteiger partial charge is 0.408 e. The highest BCUT2D eigenvalue weighted by Crippen LogP contribution is 2.38. The average molecular weight is 588 g/mol. The molecule has 2 atom stereocenters. The second kappa shape index (κ2) is 12.7. The van der Waals surface area contributed by atoms with E-state index < -0.39 is 23.7 Å². The lowest BCUT2D eigenvalue weighted by molar-refractivity contribution is -0.143. The zero-order chi connectivity index (χ0) is 28.9. The highest BCUT2D eigenvalue weighted by Gasteiger charge is 2.27. The second-order valence-electron chi connectivity index (χ2n) is 10.2. The van der Waals surface area contributed by atoms with Crippen molar-refractivity contribution in [2.75, 3.05) is 13.7 Å². The summed E-state index contributed by atoms with van der Waals surface area (Å²) in [5.74, 6) is 1.21. The van der Waals surface area contributed by atoms with Crippen molar-refractivity contribution in [3.8, 4) is 17.2 Å². The van der Waals surface area contributed by atoms with Gasteiger partial charge in [0.15, 0.2) is 17.6 Å². The molecule has 1 amide bonds. The molecule has 8 nitrogen and oxygen atoms in total. The van der Waals surface area contributed by atoms with Crippen molar-refractivity contribution < 1.29 is 33.3 Å². The zero-order valence-corrected chi connectivity index (χ0v) is 24.2. The number of methoxy groups -OCH3 is 1. The van der Waals surface area contributed by atoms with Gasteiger partial charge in [0, 0.05) is 6.42 Å². The first-order chi connectivity index (χ1) is 19.0. The topological polar surface area (TPSA) is 92.3 Å². The fourth-order valence-electron chi connectivity index (χ4n) is 4.03. The molecule has 1 aliphatic heterocycles. The van der Waals surface area contributed by atoms with Crippen molar-refractivity contribution in [3.05, 3.63) is 87.4 Å². The van der Waals surface area contributed by atoms with Crippen LogP contribution in [-0.2, 0) is 27.3 Å². The van der Waals surface area contributed by atoms with E-state index in [9.17, 15) is 9.59 Å². The number of ether oxygens (including phenoxy) is 5. The summed E-state index contributed by atoms with van der Waals surface area (Å²) in [6, 6.07) is 17.5. The molecule has 1 heterocycles. The Balaban J connectivity index is 1.40. The van der Waals surface area contributed by atoms with Gasteiger partial charge < -0.3 is 29.0 Å². The maximum absolute atomic E-state index is 12.3. The van der Waals surface area contributed by atoms with Gasteiger partial charge in [-0.2, -0.15) is 0 Å². The standard InChI is InChI=1S/C30H31Cl2NO7/c1-30(2,3)40-29(35)33-24(28(34)36-4)13-18-9-11-25-26(14-18)38-17-27(39-25)20-6-5-7-21(15-20)37-16-19-8-10-22(31)23(32)12-19/h5-12,14-15,24,27H,13,16-17H2,1-4H3,(H,33,35)/t24-,27+/m0/s1. The van der Waals surface area contributed by atoms with Crippen LogP contribution in [0.1, 0.15) is 43.6 Å². The number of fused-ring (bicyclic) bond motifs is 1. The number of halogens is 2. The molecule has 212 valence electrons. The van der Waals surface area contributed by atoms with E-state index in [1.54, 1.807) is 45.0 Å². The first-order valence-corrected chi connectivity index (χ1v) is 13.4. The van der Waals surface area contributed by atoms with Crippen LogP contribution < -0.4 is 19.5 Å². The van der Waals surface area contributed by atoms with Gasteiger partial charge in [-0.25, -0.2) is 9.59 Å². The number of carbonyl (C=O) groups is 2. The molecule has 40 heavy (non-hydrogen) atoms. The zero-order valence-electron chi connectivity index (χ0n) is 22.7. The van der Waals surface area contributed by atoms with Gasteiger partial charge in [-0.1, -0.05) is 47.5 Å². The molecular formula is C30H31Cl2NO7. The summed E-state index contributed by atoms with van der Waals surface area (Å²) in [4.78, 5) is 24.6. The number of hydrogen-bond acceptors (Lipinski definition) is 7. The molecule has 0 radical (unpaired) electrons. The maximum Gasteiger partial charge on any atom is 0.408 e. The normalized spacial score (nSPS) is 15.1. The minimum absolute atomic E-state index is 0.185. The van der Waals surface area contributed by atoms with Crippen LogP contribution in [-0.4, -0.2) is 37.4 Å². The van der Waals surface area contributed by atoms with E-state index in [1.165, 1.54) is 7.11 Å². The van der Waals surface area contributed by atoms with Crippen LogP contribution in [0.5, 0.6) is 17.2 Å². The average Bonchev–Trinajstić information content (AvgIpc) is 2.91. The van der Waals surface area contributed by atoms with Gasteiger partial charge in [-0.3, -0.25) is 0 Å². The molecule has 1 N–H and O–H groups in total. The summed E-state index contributed by atoms with van der Waals surface area (Å²) in [6.45, 7) is 5.85. The number of amides is 1. The van der Waals surface area contributed by atoms with Crippen LogP contribution in [0.4, 0.5) is 4.79 Å². The summed E-state index contributed by atoms with van der Waals surface area (Å²) in [5.41, 5.74) is 1.85. The number of rotatable bonds is 8. The van der Waals surface area contributed by atoms with E-state index in [1.807, 2.05) is 36.4 Å². The third-order valence-electron chi connectivity index (χ3n) is 5.90. The number of esters is 1. The lowest BCUT2D eigenvalue weighted by Gasteiger charge is -2.28. The van der Waals surface area contributed by atoms with Gasteiger partial charge >= 0.3 is 12.1 Å². The summed E-state index contributed by atoms with van der Waals surface area (Å²) in [5, 5.41) is 3.55. The SMILES string of the molecule is COC(=O)[C@H](Cc1ccc2c(c1)OC[C@H](c1cccc(OCc3ccc(Cl)c(Cl)c3)c1)O2)NC(=O)OC(C)(C)C. The number of nitrogens with one attached hydrogen (secondary N) is 1. The van der Waals surface area contributed by atoms with Crippen molar-refractivity contribution in [1.29, 1.82) is 0 Å². The molecule has 3 aromatic carbocycles. The van der Waals surface area contributed by atoms with E-state index in [4.69, 9.17) is 46.9 Å². The monoisotopic (exact) mass is 587 g/mol. The molecule has 0 spiro atoms. The van der Waals surface area contributed by atoms with Crippen molar-refractivity contribution >= 4 is 35.3 Å². The number of benzene rings is 3. The van der Waals surface area contributed by atoms with E-state index in [-0.39, 0.29) is 19.1 Å². The predicted molar refractivity (Wildman–Crippen MR) is 151 cm³/mol. The Morgan fingerprint density at radius 2 is 1.77 bits per heavy atom. The van der Waals surface area contributed by atoms with Crippen molar-refractivity contribution in [1.82, 2.24) is 5.32 Å². The fraction of sp³-hybridized carbons (Fsp3) is 0.333. The van der Waals surface area contributed by atoms with Crippen LogP contribution in [0.2, 0.25) is 10.0 Å². The minimum Gasteiger partial charge on any atom is -0.489 e. The molecule has 0 saturated carbocycles. The van der Waals surface area contributed by atoms with Gasteiger partial charge in [-0.15, -0.1) is 0 Å². The molecule has 3 aromatic rings. The Hall–Kier alpha value is -3.62. The summed E-state index contributed by atoms with van der Waals surface area (Å²) in [6.07, 6.45) is -0.862. The Morgan fingerprint density at radius 1 is 1.00 bits per heavy atom. The van der Waals surface area contributed by atoms with Crippen LogP contribution in [0.25, 0.3) is 0 Å². The summed E-state index contributed by atoms with van der Waals surface area (Å²) >= 11 is 12.1. The molecule has 0 bridgehead atoms. The Kier molecular flexibility index (Phi) is 9.32.